The van der Waals surface area contributed by atoms with Crippen molar-refractivity contribution in [2.75, 3.05) is 18.4 Å². The van der Waals surface area contributed by atoms with Gasteiger partial charge in [0.2, 0.25) is 0 Å². The molecule has 2 unspecified atom stereocenters. The van der Waals surface area contributed by atoms with Crippen molar-refractivity contribution in [3.8, 4) is 0 Å². The number of rotatable bonds is 5. The van der Waals surface area contributed by atoms with Crippen LogP contribution >= 0.6 is 0 Å². The van der Waals surface area contributed by atoms with E-state index in [2.05, 4.69) is 33.9 Å². The third-order valence-electron chi connectivity index (χ3n) is 6.36. The molecule has 3 atom stereocenters. The number of nitrogens with two attached hydrogens (primary N) is 1. The summed E-state index contributed by atoms with van der Waals surface area (Å²) < 4.78 is 13.7. The molecule has 0 amide bonds. The van der Waals surface area contributed by atoms with Crippen LogP contribution in [0.3, 0.4) is 0 Å². The van der Waals surface area contributed by atoms with Gasteiger partial charge >= 0.3 is 0 Å². The lowest BCUT2D eigenvalue weighted by Crippen LogP contribution is -2.40. The predicted molar refractivity (Wildman–Crippen MR) is 110 cm³/mol. The van der Waals surface area contributed by atoms with Crippen LogP contribution < -0.4 is 15.8 Å². The Morgan fingerprint density at radius 1 is 1.41 bits per heavy atom. The van der Waals surface area contributed by atoms with Crippen LogP contribution in [0.1, 0.15) is 43.2 Å². The minimum atomic E-state index is -1.28. The first-order valence-electron chi connectivity index (χ1n) is 9.71. The van der Waals surface area contributed by atoms with E-state index in [1.807, 2.05) is 26.4 Å². The molecular weight excluding hydrogens is 358 g/mol. The van der Waals surface area contributed by atoms with Crippen LogP contribution in [0.4, 0.5) is 11.4 Å². The molecule has 2 heterocycles. The zero-order valence-electron chi connectivity index (χ0n) is 16.1. The molecule has 1 saturated heterocycles. The van der Waals surface area contributed by atoms with E-state index >= 15 is 0 Å². The van der Waals surface area contributed by atoms with E-state index in [4.69, 9.17) is 5.14 Å². The van der Waals surface area contributed by atoms with Gasteiger partial charge in [-0.1, -0.05) is 6.07 Å². The first-order valence-corrected chi connectivity index (χ1v) is 11.0. The Bertz CT molecular complexity index is 843. The van der Waals surface area contributed by atoms with Crippen LogP contribution in [-0.2, 0) is 24.5 Å². The SMILES string of the molecule is CC(C[C@@H]1c2cc(Nc3cnn(C)c3)ccc2CC12CCNCC2)S(N)=O. The van der Waals surface area contributed by atoms with Gasteiger partial charge in [0.1, 0.15) is 0 Å². The largest absolute Gasteiger partial charge is 0.353 e. The second kappa shape index (κ2) is 7.37. The monoisotopic (exact) mass is 387 g/mol. The van der Waals surface area contributed by atoms with E-state index in [0.717, 1.165) is 37.3 Å². The van der Waals surface area contributed by atoms with Crippen molar-refractivity contribution in [1.29, 1.82) is 0 Å². The average Bonchev–Trinajstić information content (AvgIpc) is 3.17. The topological polar surface area (TPSA) is 85.0 Å². The Labute approximate surface area is 163 Å². The molecule has 7 heteroatoms. The summed E-state index contributed by atoms with van der Waals surface area (Å²) in [4.78, 5) is 0. The second-order valence-electron chi connectivity index (χ2n) is 8.16. The molecule has 1 spiro atoms. The van der Waals surface area contributed by atoms with Crippen molar-refractivity contribution in [1.82, 2.24) is 15.1 Å². The number of nitrogens with zero attached hydrogens (tertiary/aromatic N) is 2. The Kier molecular flexibility index (Phi) is 5.09. The van der Waals surface area contributed by atoms with E-state index in [9.17, 15) is 4.21 Å². The molecule has 6 nitrogen and oxygen atoms in total. The third-order valence-corrected chi connectivity index (χ3v) is 7.35. The van der Waals surface area contributed by atoms with E-state index in [1.54, 1.807) is 4.68 Å². The summed E-state index contributed by atoms with van der Waals surface area (Å²) in [6, 6.07) is 6.71. The maximum atomic E-state index is 11.9. The maximum absolute atomic E-state index is 11.9. The Hall–Kier alpha value is -1.70. The number of hydrogen-bond donors (Lipinski definition) is 3. The highest BCUT2D eigenvalue weighted by atomic mass is 32.2. The zero-order valence-corrected chi connectivity index (χ0v) is 16.9. The van der Waals surface area contributed by atoms with Crippen molar-refractivity contribution >= 4 is 22.4 Å². The number of nitrogens with one attached hydrogen (secondary N) is 2. The Morgan fingerprint density at radius 2 is 2.19 bits per heavy atom. The fourth-order valence-electron chi connectivity index (χ4n) is 4.90. The quantitative estimate of drug-likeness (QED) is 0.736. The fraction of sp³-hybridized carbons (Fsp3) is 0.550. The molecule has 1 aromatic carbocycles. The van der Waals surface area contributed by atoms with E-state index in [-0.39, 0.29) is 10.7 Å². The third kappa shape index (κ3) is 3.68. The van der Waals surface area contributed by atoms with Crippen molar-refractivity contribution in [3.05, 3.63) is 41.7 Å². The van der Waals surface area contributed by atoms with Gasteiger partial charge < -0.3 is 10.6 Å². The van der Waals surface area contributed by atoms with E-state index in [0.29, 0.717) is 5.92 Å². The minimum Gasteiger partial charge on any atom is -0.353 e. The smallest absolute Gasteiger partial charge is 0.0917 e. The molecule has 27 heavy (non-hydrogen) atoms. The molecule has 1 fully saturated rings. The van der Waals surface area contributed by atoms with Crippen LogP contribution in [0.25, 0.3) is 0 Å². The highest BCUT2D eigenvalue weighted by Gasteiger charge is 2.46. The molecule has 2 aromatic rings. The molecule has 0 bridgehead atoms. The summed E-state index contributed by atoms with van der Waals surface area (Å²) >= 11 is 0. The molecule has 0 radical (unpaired) electrons. The highest BCUT2D eigenvalue weighted by molar-refractivity contribution is 7.83. The highest BCUT2D eigenvalue weighted by Crippen LogP contribution is 2.55. The molecular formula is C20H29N5OS. The number of benzene rings is 1. The average molecular weight is 388 g/mol. The van der Waals surface area contributed by atoms with Crippen molar-refractivity contribution in [2.45, 2.75) is 43.8 Å². The standard InChI is InChI=1S/C20H29N5OS/c1-14(27(21)26)9-19-18-10-16(24-17-12-23-25(2)13-17)4-3-15(18)11-20(19)5-7-22-8-6-20/h3-4,10,12-14,19,22,24H,5-9,11,21H2,1-2H3/t14?,19-,27?/m1/s1. The number of aryl methyl sites for hydroxylation is 1. The lowest BCUT2D eigenvalue weighted by atomic mass is 9.68. The molecule has 1 aromatic heterocycles. The molecule has 4 N–H and O–H groups in total. The summed E-state index contributed by atoms with van der Waals surface area (Å²) in [7, 11) is 0.635. The first kappa shape index (κ1) is 18.7. The Morgan fingerprint density at radius 3 is 2.85 bits per heavy atom. The molecule has 146 valence electrons. The summed E-state index contributed by atoms with van der Waals surface area (Å²) in [6.45, 7) is 4.14. The number of anilines is 2. The van der Waals surface area contributed by atoms with Crippen LogP contribution in [0.2, 0.25) is 0 Å². The van der Waals surface area contributed by atoms with Gasteiger partial charge in [-0.3, -0.25) is 9.82 Å². The number of hydrogen-bond acceptors (Lipinski definition) is 4. The number of piperidine rings is 1. The van der Waals surface area contributed by atoms with Gasteiger partial charge in [0, 0.05) is 24.2 Å². The lowest BCUT2D eigenvalue weighted by molar-refractivity contribution is 0.165. The summed E-state index contributed by atoms with van der Waals surface area (Å²) in [5.41, 5.74) is 5.18. The lowest BCUT2D eigenvalue weighted by Gasteiger charge is -2.40. The zero-order chi connectivity index (χ0) is 19.0. The van der Waals surface area contributed by atoms with Crippen LogP contribution in [0, 0.1) is 5.41 Å². The predicted octanol–water partition coefficient (Wildman–Crippen LogP) is 2.57. The Balaban J connectivity index is 1.66. The number of aromatic nitrogens is 2. The van der Waals surface area contributed by atoms with Crippen LogP contribution in [0.15, 0.2) is 30.6 Å². The van der Waals surface area contributed by atoms with Gasteiger partial charge in [-0.05, 0) is 80.3 Å². The molecule has 0 saturated carbocycles. The maximum Gasteiger partial charge on any atom is 0.0917 e. The van der Waals surface area contributed by atoms with Crippen LogP contribution in [-0.4, -0.2) is 32.3 Å². The van der Waals surface area contributed by atoms with Gasteiger partial charge in [-0.2, -0.15) is 5.10 Å². The normalized spacial score (nSPS) is 23.1. The van der Waals surface area contributed by atoms with Crippen molar-refractivity contribution in [2.24, 2.45) is 17.6 Å². The summed E-state index contributed by atoms with van der Waals surface area (Å²) in [5, 5.41) is 16.9. The molecule has 2 aliphatic rings. The fourth-order valence-corrected chi connectivity index (χ4v) is 5.28. The molecule has 1 aliphatic carbocycles. The van der Waals surface area contributed by atoms with E-state index < -0.39 is 11.0 Å². The minimum absolute atomic E-state index is 0.00245. The summed E-state index contributed by atoms with van der Waals surface area (Å²) in [5.74, 6) is 0.410. The van der Waals surface area contributed by atoms with Crippen molar-refractivity contribution in [3.63, 3.8) is 0 Å². The van der Waals surface area contributed by atoms with Gasteiger partial charge in [-0.15, -0.1) is 0 Å². The molecule has 4 rings (SSSR count). The first-order chi connectivity index (χ1) is 13.0. The molecule has 1 aliphatic heterocycles. The van der Waals surface area contributed by atoms with Gasteiger partial charge in [0.05, 0.1) is 22.9 Å². The van der Waals surface area contributed by atoms with E-state index in [1.165, 1.54) is 24.0 Å². The second-order valence-corrected chi connectivity index (χ2v) is 9.62. The van der Waals surface area contributed by atoms with Crippen molar-refractivity contribution < 1.29 is 4.21 Å². The summed E-state index contributed by atoms with van der Waals surface area (Å²) in [6.07, 6.45) is 8.14. The van der Waals surface area contributed by atoms with Crippen LogP contribution in [0.5, 0.6) is 0 Å². The number of fused-ring (bicyclic) bond motifs is 1. The van der Waals surface area contributed by atoms with Gasteiger partial charge in [0.25, 0.3) is 0 Å². The van der Waals surface area contributed by atoms with Gasteiger partial charge in [-0.25, -0.2) is 4.21 Å². The van der Waals surface area contributed by atoms with Gasteiger partial charge in [0.15, 0.2) is 0 Å².